The second-order valence-corrected chi connectivity index (χ2v) is 5.97. The van der Waals surface area contributed by atoms with E-state index >= 15 is 0 Å². The van der Waals surface area contributed by atoms with Gasteiger partial charge in [-0.2, -0.15) is 0 Å². The average molecular weight is 261 g/mol. The summed E-state index contributed by atoms with van der Waals surface area (Å²) < 4.78 is 0. The lowest BCUT2D eigenvalue weighted by atomic mass is 9.85. The molecule has 1 aromatic heterocycles. The lowest BCUT2D eigenvalue weighted by molar-refractivity contribution is 0.0594. The van der Waals surface area contributed by atoms with Gasteiger partial charge in [0.15, 0.2) is 5.69 Å². The number of aromatic hydroxyl groups is 1. The van der Waals surface area contributed by atoms with E-state index in [1.807, 2.05) is 4.90 Å². The Morgan fingerprint density at radius 3 is 3.00 bits per heavy atom. The molecule has 0 radical (unpaired) electrons. The van der Waals surface area contributed by atoms with Crippen molar-refractivity contribution >= 4 is 5.91 Å². The first-order valence-electron chi connectivity index (χ1n) is 6.68. The van der Waals surface area contributed by atoms with E-state index < -0.39 is 0 Å². The number of likely N-dealkylation sites (tertiary alicyclic amines) is 1. The Bertz CT molecular complexity index is 515. The van der Waals surface area contributed by atoms with Crippen molar-refractivity contribution in [2.24, 2.45) is 11.8 Å². The second kappa shape index (κ2) is 4.20. The zero-order valence-electron chi connectivity index (χ0n) is 11.3. The lowest BCUT2D eigenvalue weighted by Gasteiger charge is -2.35. The van der Waals surface area contributed by atoms with Crippen LogP contribution in [-0.2, 0) is 0 Å². The molecule has 0 bridgehead atoms. The molecule has 102 valence electrons. The van der Waals surface area contributed by atoms with Crippen LogP contribution in [0.15, 0.2) is 18.3 Å². The second-order valence-electron chi connectivity index (χ2n) is 5.97. The molecule has 0 saturated carbocycles. The minimum atomic E-state index is -0.199. The van der Waals surface area contributed by atoms with Gasteiger partial charge < -0.3 is 15.3 Å². The zero-order valence-corrected chi connectivity index (χ0v) is 11.3. The van der Waals surface area contributed by atoms with Gasteiger partial charge in [0.2, 0.25) is 0 Å². The van der Waals surface area contributed by atoms with Crippen molar-refractivity contribution in [2.45, 2.75) is 19.4 Å². The molecule has 2 atom stereocenters. The summed E-state index contributed by atoms with van der Waals surface area (Å²) in [7, 11) is 0. The van der Waals surface area contributed by atoms with Crippen molar-refractivity contribution in [3.8, 4) is 5.75 Å². The smallest absolute Gasteiger partial charge is 0.276 e. The highest BCUT2D eigenvalue weighted by atomic mass is 16.3. The summed E-state index contributed by atoms with van der Waals surface area (Å²) in [5, 5.41) is 13.2. The Morgan fingerprint density at radius 2 is 2.32 bits per heavy atom. The number of pyridine rings is 1. The number of carbonyl (C=O) groups is 1. The molecule has 2 saturated heterocycles. The van der Waals surface area contributed by atoms with Crippen LogP contribution in [0.5, 0.6) is 5.75 Å². The van der Waals surface area contributed by atoms with E-state index in [-0.39, 0.29) is 22.9 Å². The number of hydrogen-bond acceptors (Lipinski definition) is 4. The minimum Gasteiger partial charge on any atom is -0.505 e. The van der Waals surface area contributed by atoms with Crippen LogP contribution in [0.3, 0.4) is 0 Å². The summed E-state index contributed by atoms with van der Waals surface area (Å²) in [6.45, 7) is 6.85. The van der Waals surface area contributed by atoms with Gasteiger partial charge >= 0.3 is 0 Å². The maximum absolute atomic E-state index is 12.6. The van der Waals surface area contributed by atoms with E-state index in [0.717, 1.165) is 19.6 Å². The van der Waals surface area contributed by atoms with Crippen LogP contribution >= 0.6 is 0 Å². The minimum absolute atomic E-state index is 0.0431. The number of fused-ring (bicyclic) bond motifs is 1. The Morgan fingerprint density at radius 1 is 1.53 bits per heavy atom. The predicted molar refractivity (Wildman–Crippen MR) is 70.9 cm³/mol. The molecule has 0 aromatic carbocycles. The average Bonchev–Trinajstić information content (AvgIpc) is 2.92. The largest absolute Gasteiger partial charge is 0.505 e. The van der Waals surface area contributed by atoms with Crippen LogP contribution < -0.4 is 5.32 Å². The summed E-state index contributed by atoms with van der Waals surface area (Å²) in [6, 6.07) is 3.13. The fourth-order valence-electron chi connectivity index (χ4n) is 3.46. The maximum atomic E-state index is 12.6. The molecule has 19 heavy (non-hydrogen) atoms. The van der Waals surface area contributed by atoms with Crippen LogP contribution in [0.4, 0.5) is 0 Å². The summed E-state index contributed by atoms with van der Waals surface area (Å²) in [5.74, 6) is 0.767. The van der Waals surface area contributed by atoms with Crippen LogP contribution in [0.1, 0.15) is 24.3 Å². The molecule has 0 aliphatic carbocycles. The Kier molecular flexibility index (Phi) is 2.74. The molecule has 1 aromatic rings. The normalized spacial score (nSPS) is 28.4. The highest BCUT2D eigenvalue weighted by Crippen LogP contribution is 2.41. The Labute approximate surface area is 112 Å². The Hall–Kier alpha value is -1.62. The third-order valence-electron chi connectivity index (χ3n) is 4.59. The van der Waals surface area contributed by atoms with Gasteiger partial charge in [-0.15, -0.1) is 0 Å². The van der Waals surface area contributed by atoms with Gasteiger partial charge in [0.25, 0.3) is 5.91 Å². The first kappa shape index (κ1) is 12.4. The van der Waals surface area contributed by atoms with Gasteiger partial charge in [0.05, 0.1) is 0 Å². The molecular formula is C14H19N3O2. The molecule has 5 nitrogen and oxygen atoms in total. The Balaban J connectivity index is 1.91. The summed E-state index contributed by atoms with van der Waals surface area (Å²) in [6.07, 6.45) is 1.54. The zero-order chi connectivity index (χ0) is 13.6. The topological polar surface area (TPSA) is 65.5 Å². The van der Waals surface area contributed by atoms with E-state index in [9.17, 15) is 9.90 Å². The molecule has 5 heteroatoms. The fraction of sp³-hybridized carbons (Fsp3) is 0.571. The molecule has 0 spiro atoms. The van der Waals surface area contributed by atoms with E-state index in [0.29, 0.717) is 11.8 Å². The van der Waals surface area contributed by atoms with Gasteiger partial charge in [-0.1, -0.05) is 0 Å². The molecule has 3 rings (SSSR count). The van der Waals surface area contributed by atoms with E-state index in [4.69, 9.17) is 0 Å². The van der Waals surface area contributed by atoms with Gasteiger partial charge in [0, 0.05) is 31.4 Å². The van der Waals surface area contributed by atoms with Gasteiger partial charge in [-0.05, 0) is 37.8 Å². The van der Waals surface area contributed by atoms with Crippen molar-refractivity contribution in [1.29, 1.82) is 0 Å². The van der Waals surface area contributed by atoms with Crippen molar-refractivity contribution in [1.82, 2.24) is 15.2 Å². The monoisotopic (exact) mass is 261 g/mol. The molecular weight excluding hydrogens is 242 g/mol. The van der Waals surface area contributed by atoms with Crippen molar-refractivity contribution in [3.63, 3.8) is 0 Å². The van der Waals surface area contributed by atoms with Crippen LogP contribution in [0.2, 0.25) is 0 Å². The summed E-state index contributed by atoms with van der Waals surface area (Å²) in [5.41, 5.74) is -0.0432. The number of carbonyl (C=O) groups excluding carboxylic acids is 1. The third-order valence-corrected chi connectivity index (χ3v) is 4.59. The number of rotatable bonds is 1. The number of amides is 1. The highest BCUT2D eigenvalue weighted by Gasteiger charge is 2.51. The van der Waals surface area contributed by atoms with E-state index in [1.54, 1.807) is 12.3 Å². The van der Waals surface area contributed by atoms with E-state index in [2.05, 4.69) is 24.1 Å². The number of nitrogens with zero attached hydrogens (tertiary/aromatic N) is 2. The number of aromatic nitrogens is 1. The number of hydrogen-bond donors (Lipinski definition) is 2. The molecule has 3 heterocycles. The standard InChI is InChI=1S/C14H19N3O2/c1-14(2)10-7-15-6-9(10)8-17(14)13(19)12-11(18)4-3-5-16-12/h3-5,9-10,15,18H,6-8H2,1-2H3. The summed E-state index contributed by atoms with van der Waals surface area (Å²) >= 11 is 0. The molecule has 2 aliphatic rings. The van der Waals surface area contributed by atoms with Gasteiger partial charge in [-0.3, -0.25) is 4.79 Å². The van der Waals surface area contributed by atoms with Crippen LogP contribution in [0, 0.1) is 11.8 Å². The van der Waals surface area contributed by atoms with E-state index in [1.165, 1.54) is 6.07 Å². The van der Waals surface area contributed by atoms with Crippen molar-refractivity contribution < 1.29 is 9.90 Å². The fourth-order valence-corrected chi connectivity index (χ4v) is 3.46. The van der Waals surface area contributed by atoms with Crippen LogP contribution in [-0.4, -0.2) is 46.1 Å². The third kappa shape index (κ3) is 1.80. The predicted octanol–water partition coefficient (Wildman–Crippen LogP) is 0.857. The van der Waals surface area contributed by atoms with Crippen molar-refractivity contribution in [2.75, 3.05) is 19.6 Å². The van der Waals surface area contributed by atoms with Crippen molar-refractivity contribution in [3.05, 3.63) is 24.0 Å². The first-order chi connectivity index (χ1) is 9.01. The van der Waals surface area contributed by atoms with Crippen LogP contribution in [0.25, 0.3) is 0 Å². The first-order valence-corrected chi connectivity index (χ1v) is 6.68. The molecule has 2 aliphatic heterocycles. The molecule has 2 fully saturated rings. The van der Waals surface area contributed by atoms with Gasteiger partial charge in [-0.25, -0.2) is 4.98 Å². The molecule has 1 amide bonds. The highest BCUT2D eigenvalue weighted by molar-refractivity contribution is 5.95. The van der Waals surface area contributed by atoms with Gasteiger partial charge in [0.1, 0.15) is 5.75 Å². The summed E-state index contributed by atoms with van der Waals surface area (Å²) in [4.78, 5) is 18.5. The quantitative estimate of drug-likeness (QED) is 0.787. The maximum Gasteiger partial charge on any atom is 0.276 e. The molecule has 2 N–H and O–H groups in total. The SMILES string of the molecule is CC1(C)C2CNCC2CN1C(=O)c1ncccc1O. The lowest BCUT2D eigenvalue weighted by Crippen LogP contribution is -2.47. The molecule has 2 unspecified atom stereocenters. The number of nitrogens with one attached hydrogen (secondary N) is 1.